The lowest BCUT2D eigenvalue weighted by molar-refractivity contribution is -0.141. The Morgan fingerprint density at radius 1 is 1.36 bits per heavy atom. The van der Waals surface area contributed by atoms with Gasteiger partial charge in [-0.3, -0.25) is 4.79 Å². The van der Waals surface area contributed by atoms with Crippen molar-refractivity contribution in [2.75, 3.05) is 0 Å². The van der Waals surface area contributed by atoms with Crippen LogP contribution < -0.4 is 5.32 Å². The summed E-state index contributed by atoms with van der Waals surface area (Å²) in [6.07, 6.45) is 3.43. The molecule has 1 rings (SSSR count). The van der Waals surface area contributed by atoms with E-state index in [0.29, 0.717) is 0 Å². The lowest BCUT2D eigenvalue weighted by Crippen LogP contribution is -2.40. The largest absolute Gasteiger partial charge is 0.480 e. The Kier molecular flexibility index (Phi) is 6.69. The van der Waals surface area contributed by atoms with E-state index in [1.165, 1.54) is 6.07 Å². The number of carboxylic acid groups (broad SMARTS) is 1. The maximum Gasteiger partial charge on any atom is 0.326 e. The molecule has 0 saturated carbocycles. The van der Waals surface area contributed by atoms with Crippen molar-refractivity contribution in [2.24, 2.45) is 0 Å². The van der Waals surface area contributed by atoms with Crippen molar-refractivity contribution in [1.82, 2.24) is 5.32 Å². The van der Waals surface area contributed by atoms with Gasteiger partial charge in [0.1, 0.15) is 17.7 Å². The number of hydrogen-bond acceptors (Lipinski definition) is 2. The first kappa shape index (κ1) is 17.8. The fourth-order valence-electron chi connectivity index (χ4n) is 2.04. The van der Waals surface area contributed by atoms with Crippen molar-refractivity contribution in [3.63, 3.8) is 0 Å². The van der Waals surface area contributed by atoms with E-state index in [-0.39, 0.29) is 18.4 Å². The minimum Gasteiger partial charge on any atom is -0.480 e. The lowest BCUT2D eigenvalue weighted by Gasteiger charge is -2.16. The first-order valence-corrected chi connectivity index (χ1v) is 6.93. The fraction of sp³-hybridized carbons (Fsp3) is 0.375. The number of benzene rings is 1. The average molecular weight is 311 g/mol. The zero-order valence-electron chi connectivity index (χ0n) is 12.5. The summed E-state index contributed by atoms with van der Waals surface area (Å²) in [5, 5.41) is 11.4. The fourth-order valence-corrected chi connectivity index (χ4v) is 2.04. The number of aliphatic carboxylic acids is 1. The Morgan fingerprint density at radius 2 is 2.05 bits per heavy atom. The molecule has 1 amide bonds. The zero-order chi connectivity index (χ0) is 16.7. The maximum absolute atomic E-state index is 13.6. The summed E-state index contributed by atoms with van der Waals surface area (Å²) in [4.78, 5) is 22.9. The van der Waals surface area contributed by atoms with Crippen LogP contribution in [0.4, 0.5) is 8.78 Å². The Balaban J connectivity index is 2.68. The number of carbonyl (C=O) groups excluding carboxylic acids is 1. The van der Waals surface area contributed by atoms with Gasteiger partial charge in [-0.2, -0.15) is 0 Å². The highest BCUT2D eigenvalue weighted by atomic mass is 19.1. The summed E-state index contributed by atoms with van der Waals surface area (Å²) in [6, 6.07) is 2.15. The molecule has 1 aromatic rings. The third-order valence-corrected chi connectivity index (χ3v) is 3.23. The minimum atomic E-state index is -1.13. The molecular weight excluding hydrogens is 292 g/mol. The Bertz CT molecular complexity index is 573. The molecule has 1 aromatic carbocycles. The molecule has 2 unspecified atom stereocenters. The van der Waals surface area contributed by atoms with Gasteiger partial charge in [0.25, 0.3) is 0 Å². The van der Waals surface area contributed by atoms with Gasteiger partial charge in [0.2, 0.25) is 5.91 Å². The van der Waals surface area contributed by atoms with Gasteiger partial charge in [-0.25, -0.2) is 13.6 Å². The molecule has 0 spiro atoms. The van der Waals surface area contributed by atoms with E-state index >= 15 is 0 Å². The second-order valence-corrected chi connectivity index (χ2v) is 5.03. The summed E-state index contributed by atoms with van der Waals surface area (Å²) in [5.74, 6) is -3.52. The van der Waals surface area contributed by atoms with Gasteiger partial charge in [0, 0.05) is 12.5 Å². The zero-order valence-corrected chi connectivity index (χ0v) is 12.5. The summed E-state index contributed by atoms with van der Waals surface area (Å²) in [7, 11) is 0. The highest BCUT2D eigenvalue weighted by Gasteiger charge is 2.21. The first-order chi connectivity index (χ1) is 10.3. The van der Waals surface area contributed by atoms with E-state index in [1.54, 1.807) is 26.0 Å². The molecular formula is C16H19F2NO3. The predicted octanol–water partition coefficient (Wildman–Crippen LogP) is 2.99. The maximum atomic E-state index is 13.6. The van der Waals surface area contributed by atoms with Crippen LogP contribution in [0.1, 0.15) is 38.2 Å². The van der Waals surface area contributed by atoms with Crippen molar-refractivity contribution < 1.29 is 23.5 Å². The topological polar surface area (TPSA) is 66.4 Å². The van der Waals surface area contributed by atoms with E-state index in [4.69, 9.17) is 5.11 Å². The van der Waals surface area contributed by atoms with Crippen LogP contribution in [0.2, 0.25) is 0 Å². The van der Waals surface area contributed by atoms with Crippen molar-refractivity contribution in [2.45, 2.75) is 38.6 Å². The number of nitrogens with one attached hydrogen (secondary N) is 1. The molecule has 2 N–H and O–H groups in total. The van der Waals surface area contributed by atoms with E-state index in [9.17, 15) is 18.4 Å². The predicted molar refractivity (Wildman–Crippen MR) is 78.4 cm³/mol. The van der Waals surface area contributed by atoms with Gasteiger partial charge in [-0.15, -0.1) is 0 Å². The van der Waals surface area contributed by atoms with Crippen molar-refractivity contribution in [3.8, 4) is 0 Å². The third kappa shape index (κ3) is 5.27. The monoisotopic (exact) mass is 311 g/mol. The highest BCUT2D eigenvalue weighted by molar-refractivity contribution is 5.84. The number of allylic oxidation sites excluding steroid dienone is 1. The molecule has 0 aliphatic carbocycles. The quantitative estimate of drug-likeness (QED) is 0.761. The molecule has 6 heteroatoms. The van der Waals surface area contributed by atoms with Crippen LogP contribution in [0.15, 0.2) is 30.4 Å². The summed E-state index contributed by atoms with van der Waals surface area (Å²) < 4.78 is 26.5. The highest BCUT2D eigenvalue weighted by Crippen LogP contribution is 2.22. The normalized spacial score (nSPS) is 13.8. The van der Waals surface area contributed by atoms with E-state index < -0.39 is 35.5 Å². The van der Waals surface area contributed by atoms with Crippen LogP contribution in [0.3, 0.4) is 0 Å². The number of carbonyl (C=O) groups is 2. The number of amides is 1. The summed E-state index contributed by atoms with van der Waals surface area (Å²) >= 11 is 0. The molecule has 0 heterocycles. The molecule has 0 bridgehead atoms. The van der Waals surface area contributed by atoms with Crippen molar-refractivity contribution in [1.29, 1.82) is 0 Å². The van der Waals surface area contributed by atoms with Gasteiger partial charge in [0.05, 0.1) is 0 Å². The Hall–Kier alpha value is -2.24. The van der Waals surface area contributed by atoms with Crippen LogP contribution >= 0.6 is 0 Å². The van der Waals surface area contributed by atoms with Crippen LogP contribution in [0.25, 0.3) is 0 Å². The number of rotatable bonds is 7. The molecule has 0 saturated heterocycles. The average Bonchev–Trinajstić information content (AvgIpc) is 2.42. The Morgan fingerprint density at radius 3 is 2.59 bits per heavy atom. The van der Waals surface area contributed by atoms with E-state index in [0.717, 1.165) is 12.1 Å². The molecule has 4 nitrogen and oxygen atoms in total. The van der Waals surface area contributed by atoms with Gasteiger partial charge in [-0.05, 0) is 30.9 Å². The summed E-state index contributed by atoms with van der Waals surface area (Å²) in [6.45, 7) is 3.37. The van der Waals surface area contributed by atoms with Crippen molar-refractivity contribution >= 4 is 11.9 Å². The van der Waals surface area contributed by atoms with Crippen molar-refractivity contribution in [3.05, 3.63) is 47.5 Å². The minimum absolute atomic E-state index is 0.0812. The molecule has 0 aliphatic rings. The van der Waals surface area contributed by atoms with Crippen LogP contribution in [-0.4, -0.2) is 23.0 Å². The lowest BCUT2D eigenvalue weighted by atomic mass is 9.96. The van der Waals surface area contributed by atoms with Crippen LogP contribution in [0, 0.1) is 11.6 Å². The smallest absolute Gasteiger partial charge is 0.326 e. The molecule has 2 atom stereocenters. The van der Waals surface area contributed by atoms with Gasteiger partial charge in [-0.1, -0.05) is 25.1 Å². The Labute approximate surface area is 127 Å². The molecule has 22 heavy (non-hydrogen) atoms. The van der Waals surface area contributed by atoms with Gasteiger partial charge < -0.3 is 10.4 Å². The standard InChI is InChI=1S/C16H19F2NO3/c1-3-4-5-14(16(21)22)19-15(20)8-10(2)12-7-6-11(17)9-13(12)18/h3-4,6-7,9-10,14H,5,8H2,1-2H3,(H,19,20)(H,21,22)/b4-3+. The number of carboxylic acids is 1. The van der Waals surface area contributed by atoms with Crippen LogP contribution in [0.5, 0.6) is 0 Å². The molecule has 120 valence electrons. The second-order valence-electron chi connectivity index (χ2n) is 5.03. The first-order valence-electron chi connectivity index (χ1n) is 6.93. The molecule has 0 fully saturated rings. The third-order valence-electron chi connectivity index (χ3n) is 3.23. The number of hydrogen-bond donors (Lipinski definition) is 2. The van der Waals surface area contributed by atoms with Gasteiger partial charge in [0.15, 0.2) is 0 Å². The van der Waals surface area contributed by atoms with Crippen LogP contribution in [-0.2, 0) is 9.59 Å². The van der Waals surface area contributed by atoms with E-state index in [2.05, 4.69) is 5.32 Å². The SMILES string of the molecule is C/C=C/CC(NC(=O)CC(C)c1ccc(F)cc1F)C(=O)O. The summed E-state index contributed by atoms with van der Waals surface area (Å²) in [5.41, 5.74) is 0.219. The van der Waals surface area contributed by atoms with E-state index in [1.807, 2.05) is 0 Å². The van der Waals surface area contributed by atoms with Gasteiger partial charge >= 0.3 is 5.97 Å². The number of halogens is 2. The molecule has 0 radical (unpaired) electrons. The second kappa shape index (κ2) is 8.26. The molecule has 0 aromatic heterocycles. The molecule has 0 aliphatic heterocycles.